The largest absolute Gasteiger partial charge is 0.355 e. The normalized spacial score (nSPS) is 16.8. The number of hydrogen-bond donors (Lipinski definition) is 2. The van der Waals surface area contributed by atoms with Crippen LogP contribution in [0.1, 0.15) is 31.2 Å². The second-order valence-electron chi connectivity index (χ2n) is 8.30. The molecule has 164 valence electrons. The molecule has 6 nitrogen and oxygen atoms in total. The highest BCUT2D eigenvalue weighted by molar-refractivity contribution is 14.0. The van der Waals surface area contributed by atoms with Crippen molar-refractivity contribution < 1.29 is 4.79 Å². The predicted molar refractivity (Wildman–Crippen MR) is 132 cm³/mol. The van der Waals surface area contributed by atoms with Crippen LogP contribution < -0.4 is 10.6 Å². The lowest BCUT2D eigenvalue weighted by Gasteiger charge is -2.32. The van der Waals surface area contributed by atoms with Gasteiger partial charge in [0, 0.05) is 40.3 Å². The highest BCUT2D eigenvalue weighted by Gasteiger charge is 2.42. The minimum atomic E-state index is -0.299. The number of nitrogens with one attached hydrogen (secondary N) is 2. The monoisotopic (exact) mass is 515 g/mol. The van der Waals surface area contributed by atoms with Crippen LogP contribution in [0.25, 0.3) is 0 Å². The zero-order chi connectivity index (χ0) is 20.6. The summed E-state index contributed by atoms with van der Waals surface area (Å²) in [4.78, 5) is 21.1. The number of hydrogen-bond acceptors (Lipinski definition) is 3. The van der Waals surface area contributed by atoms with Crippen molar-refractivity contribution in [2.75, 3.05) is 48.3 Å². The second-order valence-corrected chi connectivity index (χ2v) is 8.30. The molecule has 29 heavy (non-hydrogen) atoms. The molecule has 1 amide bonds. The highest BCUT2D eigenvalue weighted by Crippen LogP contribution is 2.38. The molecule has 1 unspecified atom stereocenters. The maximum absolute atomic E-state index is 12.7. The van der Waals surface area contributed by atoms with Crippen molar-refractivity contribution in [1.29, 1.82) is 0 Å². The van der Waals surface area contributed by atoms with Crippen molar-refractivity contribution >= 4 is 35.8 Å². The molecule has 0 heterocycles. The van der Waals surface area contributed by atoms with Crippen LogP contribution >= 0.6 is 24.0 Å². The lowest BCUT2D eigenvalue weighted by molar-refractivity contribution is -0.138. The molecule has 7 heteroatoms. The summed E-state index contributed by atoms with van der Waals surface area (Å²) < 4.78 is 0. The van der Waals surface area contributed by atoms with Gasteiger partial charge in [0.1, 0.15) is 0 Å². The molecule has 0 spiro atoms. The first kappa shape index (κ1) is 25.7. The summed E-state index contributed by atoms with van der Waals surface area (Å²) in [6, 6.07) is 10.9. The third kappa shape index (κ3) is 7.44. The van der Waals surface area contributed by atoms with E-state index in [4.69, 9.17) is 0 Å². The SMILES string of the molecule is CN=C(NCC(Cc1ccccc1)N(C)C)NCC1(C(=O)N(C)C)CCCC1.I. The van der Waals surface area contributed by atoms with Gasteiger partial charge in [-0.2, -0.15) is 0 Å². The number of likely N-dealkylation sites (N-methyl/N-ethyl adjacent to an activating group) is 1. The summed E-state index contributed by atoms with van der Waals surface area (Å²) in [6.45, 7) is 1.42. The Labute approximate surface area is 193 Å². The number of benzene rings is 1. The Balaban J connectivity index is 0.00000420. The van der Waals surface area contributed by atoms with Crippen LogP contribution in [0.5, 0.6) is 0 Å². The quantitative estimate of drug-likeness (QED) is 0.318. The topological polar surface area (TPSA) is 60.0 Å². The third-order valence-electron chi connectivity index (χ3n) is 5.79. The summed E-state index contributed by atoms with van der Waals surface area (Å²) in [5, 5.41) is 6.87. The maximum atomic E-state index is 12.7. The van der Waals surface area contributed by atoms with Crippen LogP contribution in [0.2, 0.25) is 0 Å². The van der Waals surface area contributed by atoms with Crippen molar-refractivity contribution in [3.63, 3.8) is 0 Å². The molecule has 1 saturated carbocycles. The van der Waals surface area contributed by atoms with E-state index in [1.54, 1.807) is 11.9 Å². The Morgan fingerprint density at radius 3 is 2.24 bits per heavy atom. The number of rotatable bonds is 8. The van der Waals surface area contributed by atoms with Crippen LogP contribution in [0.15, 0.2) is 35.3 Å². The van der Waals surface area contributed by atoms with Gasteiger partial charge in [-0.05, 0) is 38.9 Å². The number of carbonyl (C=O) groups excluding carboxylic acids is 1. The van der Waals surface area contributed by atoms with Crippen LogP contribution in [-0.2, 0) is 11.2 Å². The van der Waals surface area contributed by atoms with E-state index in [1.807, 2.05) is 20.2 Å². The van der Waals surface area contributed by atoms with Gasteiger partial charge in [-0.1, -0.05) is 43.2 Å². The van der Waals surface area contributed by atoms with E-state index < -0.39 is 0 Å². The average Bonchev–Trinajstić information content (AvgIpc) is 3.17. The first-order chi connectivity index (χ1) is 13.4. The molecule has 0 saturated heterocycles. The molecule has 0 aromatic heterocycles. The molecule has 1 aliphatic rings. The lowest BCUT2D eigenvalue weighted by atomic mass is 9.84. The number of nitrogens with zero attached hydrogens (tertiary/aromatic N) is 3. The fourth-order valence-corrected chi connectivity index (χ4v) is 4.00. The lowest BCUT2D eigenvalue weighted by Crippen LogP contribution is -2.51. The standard InChI is InChI=1S/C22H37N5O.HI/c1-23-21(25-17-22(13-9-10-14-22)20(28)27(4)5)24-16-19(26(2)3)15-18-11-7-6-8-12-18;/h6-8,11-12,19H,9-10,13-17H2,1-5H3,(H2,23,24,25);1H. The fraction of sp³-hybridized carbons (Fsp3) is 0.636. The Hall–Kier alpha value is -1.35. The molecular formula is C22H38IN5O. The first-order valence-electron chi connectivity index (χ1n) is 10.2. The van der Waals surface area contributed by atoms with Gasteiger partial charge in [-0.25, -0.2) is 0 Å². The van der Waals surface area contributed by atoms with Crippen molar-refractivity contribution in [3.05, 3.63) is 35.9 Å². The maximum Gasteiger partial charge on any atom is 0.230 e. The Morgan fingerprint density at radius 1 is 1.10 bits per heavy atom. The van der Waals surface area contributed by atoms with Gasteiger partial charge < -0.3 is 20.4 Å². The second kappa shape index (κ2) is 12.4. The first-order valence-corrected chi connectivity index (χ1v) is 10.2. The molecule has 1 aliphatic carbocycles. The van der Waals surface area contributed by atoms with Gasteiger partial charge >= 0.3 is 0 Å². The number of carbonyl (C=O) groups is 1. The smallest absolute Gasteiger partial charge is 0.230 e. The van der Waals surface area contributed by atoms with Crippen molar-refractivity contribution in [2.24, 2.45) is 10.4 Å². The van der Waals surface area contributed by atoms with E-state index in [0.29, 0.717) is 12.6 Å². The summed E-state index contributed by atoms with van der Waals surface area (Å²) in [7, 11) is 9.69. The number of amides is 1. The van der Waals surface area contributed by atoms with Gasteiger partial charge in [0.15, 0.2) is 5.96 Å². The van der Waals surface area contributed by atoms with Crippen molar-refractivity contribution in [2.45, 2.75) is 38.1 Å². The zero-order valence-corrected chi connectivity index (χ0v) is 20.9. The molecule has 2 N–H and O–H groups in total. The molecule has 0 aliphatic heterocycles. The van der Waals surface area contributed by atoms with Crippen LogP contribution in [-0.4, -0.2) is 76.0 Å². The van der Waals surface area contributed by atoms with Crippen molar-refractivity contribution in [3.8, 4) is 0 Å². The summed E-state index contributed by atoms with van der Waals surface area (Å²) in [5.41, 5.74) is 1.03. The average molecular weight is 515 g/mol. The molecule has 1 fully saturated rings. The Morgan fingerprint density at radius 2 is 1.72 bits per heavy atom. The number of halogens is 1. The van der Waals surface area contributed by atoms with E-state index in [0.717, 1.165) is 44.6 Å². The van der Waals surface area contributed by atoms with Gasteiger partial charge in [0.25, 0.3) is 0 Å². The molecule has 1 atom stereocenters. The summed E-state index contributed by atoms with van der Waals surface area (Å²) in [5.74, 6) is 0.987. The van der Waals surface area contributed by atoms with Crippen LogP contribution in [0, 0.1) is 5.41 Å². The van der Waals surface area contributed by atoms with E-state index in [-0.39, 0.29) is 35.3 Å². The molecule has 1 aromatic rings. The summed E-state index contributed by atoms with van der Waals surface area (Å²) in [6.07, 6.45) is 5.10. The third-order valence-corrected chi connectivity index (χ3v) is 5.79. The Bertz CT molecular complexity index is 642. The van der Waals surface area contributed by atoms with Gasteiger partial charge in [0.05, 0.1) is 5.41 Å². The van der Waals surface area contributed by atoms with E-state index in [1.165, 1.54) is 5.56 Å². The van der Waals surface area contributed by atoms with Crippen molar-refractivity contribution in [1.82, 2.24) is 20.4 Å². The molecule has 2 rings (SSSR count). The zero-order valence-electron chi connectivity index (χ0n) is 18.6. The summed E-state index contributed by atoms with van der Waals surface area (Å²) >= 11 is 0. The van der Waals surface area contributed by atoms with E-state index >= 15 is 0 Å². The molecule has 1 aromatic carbocycles. The van der Waals surface area contributed by atoms with Crippen LogP contribution in [0.4, 0.5) is 0 Å². The number of guanidine groups is 1. The van der Waals surface area contributed by atoms with Gasteiger partial charge in [0.2, 0.25) is 5.91 Å². The van der Waals surface area contributed by atoms with Gasteiger partial charge in [-0.3, -0.25) is 9.79 Å². The minimum absolute atomic E-state index is 0. The van der Waals surface area contributed by atoms with Crippen LogP contribution in [0.3, 0.4) is 0 Å². The predicted octanol–water partition coefficient (Wildman–Crippen LogP) is 2.59. The fourth-order valence-electron chi connectivity index (χ4n) is 4.00. The minimum Gasteiger partial charge on any atom is -0.355 e. The highest BCUT2D eigenvalue weighted by atomic mass is 127. The van der Waals surface area contributed by atoms with E-state index in [2.05, 4.69) is 58.9 Å². The molecule has 0 radical (unpaired) electrons. The molecular weight excluding hydrogens is 477 g/mol. The Kier molecular flexibility index (Phi) is 11.0. The van der Waals surface area contributed by atoms with Gasteiger partial charge in [-0.15, -0.1) is 24.0 Å². The van der Waals surface area contributed by atoms with E-state index in [9.17, 15) is 4.79 Å². The number of aliphatic imine (C=N–C) groups is 1. The molecule has 0 bridgehead atoms.